The first-order valence-corrected chi connectivity index (χ1v) is 11.1. The van der Waals surface area contributed by atoms with Gasteiger partial charge in [-0.3, -0.25) is 4.90 Å². The van der Waals surface area contributed by atoms with E-state index in [0.717, 1.165) is 43.1 Å². The van der Waals surface area contributed by atoms with Gasteiger partial charge in [0.25, 0.3) is 0 Å². The van der Waals surface area contributed by atoms with Crippen molar-refractivity contribution >= 4 is 15.7 Å². The molecule has 0 atom stereocenters. The standard InChI is InChI=1S/C21H29N3O3S/c1-17-4-9-21(16-18(17)2)28(25,26)22-10-11-23-12-14-24(15-13-23)19-5-7-20(27-3)8-6-19/h4-9,16,22H,10-15H2,1-3H3. The molecule has 1 N–H and O–H groups in total. The van der Waals surface area contributed by atoms with Crippen LogP contribution in [-0.4, -0.2) is 59.7 Å². The monoisotopic (exact) mass is 403 g/mol. The number of hydrogen-bond donors (Lipinski definition) is 1. The number of piperazine rings is 1. The molecule has 1 aliphatic heterocycles. The van der Waals surface area contributed by atoms with E-state index in [1.54, 1.807) is 19.2 Å². The maximum absolute atomic E-state index is 12.5. The van der Waals surface area contributed by atoms with Crippen LogP contribution in [0, 0.1) is 13.8 Å². The van der Waals surface area contributed by atoms with Crippen molar-refractivity contribution < 1.29 is 13.2 Å². The van der Waals surface area contributed by atoms with Gasteiger partial charge in [0.15, 0.2) is 0 Å². The molecule has 0 radical (unpaired) electrons. The molecule has 0 bridgehead atoms. The summed E-state index contributed by atoms with van der Waals surface area (Å²) in [4.78, 5) is 4.97. The Labute approximate surface area is 168 Å². The third-order valence-corrected chi connectivity index (χ3v) is 6.78. The van der Waals surface area contributed by atoms with Gasteiger partial charge in [-0.05, 0) is 61.4 Å². The van der Waals surface area contributed by atoms with Crippen LogP contribution in [0.1, 0.15) is 11.1 Å². The molecule has 1 heterocycles. The molecule has 1 aliphatic rings. The number of benzene rings is 2. The number of nitrogens with one attached hydrogen (secondary N) is 1. The van der Waals surface area contributed by atoms with Crippen LogP contribution in [0.5, 0.6) is 5.75 Å². The van der Waals surface area contributed by atoms with Crippen LogP contribution in [-0.2, 0) is 10.0 Å². The van der Waals surface area contributed by atoms with Crippen LogP contribution in [0.4, 0.5) is 5.69 Å². The molecule has 0 unspecified atom stereocenters. The summed E-state index contributed by atoms with van der Waals surface area (Å²) in [7, 11) is -1.79. The number of ether oxygens (including phenoxy) is 1. The van der Waals surface area contributed by atoms with Gasteiger partial charge in [-0.25, -0.2) is 13.1 Å². The quantitative estimate of drug-likeness (QED) is 0.769. The Morgan fingerprint density at radius 2 is 1.64 bits per heavy atom. The SMILES string of the molecule is COc1ccc(N2CCN(CCNS(=O)(=O)c3ccc(C)c(C)c3)CC2)cc1. The first-order chi connectivity index (χ1) is 13.4. The van der Waals surface area contributed by atoms with Crippen molar-refractivity contribution in [2.24, 2.45) is 0 Å². The zero-order valence-corrected chi connectivity index (χ0v) is 17.6. The molecular weight excluding hydrogens is 374 g/mol. The molecule has 0 amide bonds. The molecular formula is C21H29N3O3S. The van der Waals surface area contributed by atoms with Crippen molar-refractivity contribution in [2.75, 3.05) is 51.3 Å². The van der Waals surface area contributed by atoms with Crippen LogP contribution >= 0.6 is 0 Å². The van der Waals surface area contributed by atoms with Gasteiger partial charge >= 0.3 is 0 Å². The molecule has 152 valence electrons. The zero-order valence-electron chi connectivity index (χ0n) is 16.8. The summed E-state index contributed by atoms with van der Waals surface area (Å²) >= 11 is 0. The van der Waals surface area contributed by atoms with Gasteiger partial charge in [-0.2, -0.15) is 0 Å². The first-order valence-electron chi connectivity index (χ1n) is 9.57. The van der Waals surface area contributed by atoms with E-state index in [0.29, 0.717) is 18.0 Å². The van der Waals surface area contributed by atoms with Gasteiger partial charge in [0, 0.05) is 45.0 Å². The number of sulfonamides is 1. The minimum Gasteiger partial charge on any atom is -0.497 e. The second-order valence-electron chi connectivity index (χ2n) is 7.17. The molecule has 0 spiro atoms. The molecule has 6 nitrogen and oxygen atoms in total. The summed E-state index contributed by atoms with van der Waals surface area (Å²) in [6, 6.07) is 13.3. The van der Waals surface area contributed by atoms with Crippen molar-refractivity contribution in [2.45, 2.75) is 18.7 Å². The van der Waals surface area contributed by atoms with Gasteiger partial charge in [-0.1, -0.05) is 6.07 Å². The van der Waals surface area contributed by atoms with E-state index in [1.165, 1.54) is 5.69 Å². The molecule has 2 aromatic rings. The molecule has 1 fully saturated rings. The second-order valence-corrected chi connectivity index (χ2v) is 8.94. The third kappa shape index (κ3) is 5.04. The Kier molecular flexibility index (Phi) is 6.59. The maximum Gasteiger partial charge on any atom is 0.240 e. The normalized spacial score (nSPS) is 15.6. The summed E-state index contributed by atoms with van der Waals surface area (Å²) in [6.07, 6.45) is 0. The van der Waals surface area contributed by atoms with E-state index in [9.17, 15) is 8.42 Å². The first kappa shape index (κ1) is 20.6. The average molecular weight is 404 g/mol. The van der Waals surface area contributed by atoms with Crippen molar-refractivity contribution in [3.05, 3.63) is 53.6 Å². The lowest BCUT2D eigenvalue weighted by atomic mass is 10.1. The molecule has 28 heavy (non-hydrogen) atoms. The maximum atomic E-state index is 12.5. The fourth-order valence-electron chi connectivity index (χ4n) is 3.33. The number of rotatable bonds is 7. The van der Waals surface area contributed by atoms with E-state index < -0.39 is 10.0 Å². The van der Waals surface area contributed by atoms with Crippen molar-refractivity contribution in [1.82, 2.24) is 9.62 Å². The predicted octanol–water partition coefficient (Wildman–Crippen LogP) is 2.41. The van der Waals surface area contributed by atoms with E-state index in [4.69, 9.17) is 4.74 Å². The van der Waals surface area contributed by atoms with Gasteiger partial charge in [-0.15, -0.1) is 0 Å². The van der Waals surface area contributed by atoms with Crippen molar-refractivity contribution in [1.29, 1.82) is 0 Å². The minimum atomic E-state index is -3.46. The Morgan fingerprint density at radius 3 is 2.25 bits per heavy atom. The number of methoxy groups -OCH3 is 1. The minimum absolute atomic E-state index is 0.333. The highest BCUT2D eigenvalue weighted by molar-refractivity contribution is 7.89. The molecule has 0 aromatic heterocycles. The van der Waals surface area contributed by atoms with Gasteiger partial charge in [0.1, 0.15) is 5.75 Å². The van der Waals surface area contributed by atoms with Gasteiger partial charge < -0.3 is 9.64 Å². The number of nitrogens with zero attached hydrogens (tertiary/aromatic N) is 2. The van der Waals surface area contributed by atoms with E-state index in [-0.39, 0.29) is 0 Å². The highest BCUT2D eigenvalue weighted by Crippen LogP contribution is 2.20. The zero-order chi connectivity index (χ0) is 20.1. The number of hydrogen-bond acceptors (Lipinski definition) is 5. The van der Waals surface area contributed by atoms with Gasteiger partial charge in [0.05, 0.1) is 12.0 Å². The number of anilines is 1. The van der Waals surface area contributed by atoms with Gasteiger partial charge in [0.2, 0.25) is 10.0 Å². The molecule has 0 aliphatic carbocycles. The fraction of sp³-hybridized carbons (Fsp3) is 0.429. The molecule has 2 aromatic carbocycles. The van der Waals surface area contributed by atoms with Crippen LogP contribution in [0.25, 0.3) is 0 Å². The molecule has 0 saturated carbocycles. The largest absolute Gasteiger partial charge is 0.497 e. The summed E-state index contributed by atoms with van der Waals surface area (Å²) in [5, 5.41) is 0. The average Bonchev–Trinajstić information content (AvgIpc) is 2.70. The smallest absolute Gasteiger partial charge is 0.240 e. The van der Waals surface area contributed by atoms with Crippen LogP contribution < -0.4 is 14.4 Å². The van der Waals surface area contributed by atoms with Crippen molar-refractivity contribution in [3.63, 3.8) is 0 Å². The predicted molar refractivity (Wildman–Crippen MR) is 113 cm³/mol. The fourth-order valence-corrected chi connectivity index (χ4v) is 4.43. The second kappa shape index (κ2) is 8.94. The lowest BCUT2D eigenvalue weighted by Crippen LogP contribution is -2.48. The number of aryl methyl sites for hydroxylation is 2. The molecule has 7 heteroatoms. The van der Waals surface area contributed by atoms with Crippen LogP contribution in [0.15, 0.2) is 47.4 Å². The Balaban J connectivity index is 1.46. The van der Waals surface area contributed by atoms with E-state index in [1.807, 2.05) is 32.0 Å². The summed E-state index contributed by atoms with van der Waals surface area (Å²) in [6.45, 7) is 8.71. The third-order valence-electron chi connectivity index (χ3n) is 5.32. The lowest BCUT2D eigenvalue weighted by molar-refractivity contribution is 0.262. The summed E-state index contributed by atoms with van der Waals surface area (Å²) < 4.78 is 32.9. The topological polar surface area (TPSA) is 61.9 Å². The Morgan fingerprint density at radius 1 is 0.964 bits per heavy atom. The van der Waals surface area contributed by atoms with Crippen LogP contribution in [0.3, 0.4) is 0 Å². The lowest BCUT2D eigenvalue weighted by Gasteiger charge is -2.36. The Hall–Kier alpha value is -2.09. The van der Waals surface area contributed by atoms with Crippen LogP contribution in [0.2, 0.25) is 0 Å². The van der Waals surface area contributed by atoms with Crippen molar-refractivity contribution in [3.8, 4) is 5.75 Å². The highest BCUT2D eigenvalue weighted by atomic mass is 32.2. The molecule has 3 rings (SSSR count). The highest BCUT2D eigenvalue weighted by Gasteiger charge is 2.19. The summed E-state index contributed by atoms with van der Waals surface area (Å²) in [5.74, 6) is 0.860. The van der Waals surface area contributed by atoms with E-state index >= 15 is 0 Å². The van der Waals surface area contributed by atoms with E-state index in [2.05, 4.69) is 26.7 Å². The molecule has 1 saturated heterocycles. The summed E-state index contributed by atoms with van der Waals surface area (Å²) in [5.41, 5.74) is 3.27. The Bertz CT molecular complexity index is 890.